The second-order valence-electron chi connectivity index (χ2n) is 8.51. The molecule has 0 aliphatic heterocycles. The zero-order valence-electron chi connectivity index (χ0n) is 18.8. The van der Waals surface area contributed by atoms with Gasteiger partial charge in [-0.2, -0.15) is 0 Å². The number of nitrogens with zero attached hydrogens (tertiary/aromatic N) is 2. The van der Waals surface area contributed by atoms with Gasteiger partial charge in [0, 0.05) is 47.1 Å². The van der Waals surface area contributed by atoms with Crippen LogP contribution in [0.3, 0.4) is 0 Å². The first-order valence-corrected chi connectivity index (χ1v) is 11.8. The van der Waals surface area contributed by atoms with Crippen LogP contribution >= 0.6 is 11.6 Å². The van der Waals surface area contributed by atoms with E-state index in [-0.39, 0.29) is 18.2 Å². The van der Waals surface area contributed by atoms with Crippen LogP contribution in [0.2, 0.25) is 5.02 Å². The van der Waals surface area contributed by atoms with Crippen LogP contribution in [0, 0.1) is 6.92 Å². The fraction of sp³-hybridized carbons (Fsp3) is 0.400. The summed E-state index contributed by atoms with van der Waals surface area (Å²) in [4.78, 5) is 28.5. The van der Waals surface area contributed by atoms with Crippen molar-refractivity contribution in [1.29, 1.82) is 0 Å². The lowest BCUT2D eigenvalue weighted by Crippen LogP contribution is -2.29. The summed E-state index contributed by atoms with van der Waals surface area (Å²) in [5.74, 6) is -0.468. The van der Waals surface area contributed by atoms with Crippen LogP contribution in [0.4, 0.5) is 5.69 Å². The summed E-state index contributed by atoms with van der Waals surface area (Å²) in [5.41, 5.74) is 4.54. The number of carbonyl (C=O) groups excluding carboxylic acids is 1. The summed E-state index contributed by atoms with van der Waals surface area (Å²) in [6.07, 6.45) is 7.66. The quantitative estimate of drug-likeness (QED) is 0.435. The van der Waals surface area contributed by atoms with Crippen LogP contribution in [0.25, 0.3) is 10.9 Å². The van der Waals surface area contributed by atoms with Crippen LogP contribution < -0.4 is 16.1 Å². The van der Waals surface area contributed by atoms with E-state index in [4.69, 9.17) is 16.6 Å². The number of halogens is 1. The molecule has 7 nitrogen and oxygen atoms in total. The molecule has 0 spiro atoms. The van der Waals surface area contributed by atoms with Gasteiger partial charge in [0.15, 0.2) is 5.75 Å². The number of unbranched alkanes of at least 4 members (excludes halogenated alkanes) is 1. The summed E-state index contributed by atoms with van der Waals surface area (Å²) in [6, 6.07) is 7.14. The molecule has 0 radical (unpaired) electrons. The van der Waals surface area contributed by atoms with Crippen molar-refractivity contribution in [2.75, 3.05) is 18.4 Å². The standard InChI is InChI=1S/C25H29ClN4O3/c1-16-25(33)22(31)10-13-30(16)15-23(32)27-11-4-5-12-28-24-18-6-2-3-7-20(18)29-21-14-17(26)8-9-19(21)24/h8-10,13-14,33H,2-7,11-12,15H2,1H3,(H,27,32)(H,28,29). The van der Waals surface area contributed by atoms with E-state index >= 15 is 0 Å². The average Bonchev–Trinajstić information content (AvgIpc) is 2.80. The molecule has 3 aromatic rings. The summed E-state index contributed by atoms with van der Waals surface area (Å²) < 4.78 is 1.57. The third-order valence-electron chi connectivity index (χ3n) is 6.18. The van der Waals surface area contributed by atoms with Crippen LogP contribution in [-0.2, 0) is 24.2 Å². The predicted molar refractivity (Wildman–Crippen MR) is 131 cm³/mol. The minimum atomic E-state index is -0.442. The van der Waals surface area contributed by atoms with Crippen molar-refractivity contribution >= 4 is 34.1 Å². The molecule has 0 saturated heterocycles. The van der Waals surface area contributed by atoms with Gasteiger partial charge in [-0.1, -0.05) is 11.6 Å². The zero-order valence-corrected chi connectivity index (χ0v) is 19.5. The van der Waals surface area contributed by atoms with Gasteiger partial charge >= 0.3 is 0 Å². The van der Waals surface area contributed by atoms with Gasteiger partial charge in [-0.25, -0.2) is 0 Å². The van der Waals surface area contributed by atoms with Crippen LogP contribution in [0.5, 0.6) is 5.75 Å². The highest BCUT2D eigenvalue weighted by atomic mass is 35.5. The third-order valence-corrected chi connectivity index (χ3v) is 6.41. The molecule has 2 aromatic heterocycles. The molecule has 1 aliphatic rings. The van der Waals surface area contributed by atoms with Crippen molar-refractivity contribution in [3.05, 3.63) is 62.7 Å². The van der Waals surface area contributed by atoms with Crippen molar-refractivity contribution in [3.63, 3.8) is 0 Å². The van der Waals surface area contributed by atoms with Crippen LogP contribution in [-0.4, -0.2) is 33.7 Å². The van der Waals surface area contributed by atoms with Gasteiger partial charge < -0.3 is 20.3 Å². The Morgan fingerprint density at radius 3 is 2.82 bits per heavy atom. The Morgan fingerprint density at radius 2 is 1.97 bits per heavy atom. The molecule has 0 saturated carbocycles. The normalized spacial score (nSPS) is 13.0. The Morgan fingerprint density at radius 1 is 1.18 bits per heavy atom. The SMILES string of the molecule is Cc1c(O)c(=O)ccn1CC(=O)NCCCCNc1c2c(nc3cc(Cl)ccc13)CCCC2. The van der Waals surface area contributed by atoms with E-state index < -0.39 is 5.43 Å². The number of aromatic hydroxyl groups is 1. The molecule has 2 heterocycles. The maximum Gasteiger partial charge on any atom is 0.239 e. The Labute approximate surface area is 197 Å². The minimum Gasteiger partial charge on any atom is -0.503 e. The number of rotatable bonds is 8. The molecule has 4 rings (SSSR count). The van der Waals surface area contributed by atoms with Gasteiger partial charge in [0.1, 0.15) is 6.54 Å². The van der Waals surface area contributed by atoms with E-state index in [1.165, 1.54) is 42.0 Å². The molecule has 0 fully saturated rings. The Bertz CT molecular complexity index is 1240. The molecular formula is C25H29ClN4O3. The van der Waals surface area contributed by atoms with E-state index in [9.17, 15) is 14.7 Å². The summed E-state index contributed by atoms with van der Waals surface area (Å²) in [7, 11) is 0. The number of hydrogen-bond acceptors (Lipinski definition) is 5. The summed E-state index contributed by atoms with van der Waals surface area (Å²) >= 11 is 6.19. The van der Waals surface area contributed by atoms with Crippen LogP contribution in [0.1, 0.15) is 42.6 Å². The van der Waals surface area contributed by atoms with Crippen molar-refractivity contribution < 1.29 is 9.90 Å². The molecular weight excluding hydrogens is 440 g/mol. The molecule has 3 N–H and O–H groups in total. The Balaban J connectivity index is 1.30. The topological polar surface area (TPSA) is 96.2 Å². The fourth-order valence-electron chi connectivity index (χ4n) is 4.34. The number of aryl methyl sites for hydroxylation is 1. The number of anilines is 1. The average molecular weight is 469 g/mol. The first kappa shape index (κ1) is 23.1. The number of amides is 1. The zero-order chi connectivity index (χ0) is 23.4. The maximum atomic E-state index is 12.2. The smallest absolute Gasteiger partial charge is 0.239 e. The summed E-state index contributed by atoms with van der Waals surface area (Å²) in [5, 5.41) is 18.1. The lowest BCUT2D eigenvalue weighted by molar-refractivity contribution is -0.121. The second-order valence-corrected chi connectivity index (χ2v) is 8.94. The highest BCUT2D eigenvalue weighted by molar-refractivity contribution is 6.31. The van der Waals surface area contributed by atoms with E-state index in [1.54, 1.807) is 11.5 Å². The molecule has 1 aliphatic carbocycles. The van der Waals surface area contributed by atoms with E-state index in [0.29, 0.717) is 17.3 Å². The first-order valence-electron chi connectivity index (χ1n) is 11.4. The number of pyridine rings is 2. The van der Waals surface area contributed by atoms with Gasteiger partial charge in [0.25, 0.3) is 0 Å². The molecule has 174 valence electrons. The van der Waals surface area contributed by atoms with Gasteiger partial charge in [-0.3, -0.25) is 14.6 Å². The summed E-state index contributed by atoms with van der Waals surface area (Å²) in [6.45, 7) is 3.05. The molecule has 8 heteroatoms. The minimum absolute atomic E-state index is 0.0651. The lowest BCUT2D eigenvalue weighted by Gasteiger charge is -2.22. The largest absolute Gasteiger partial charge is 0.503 e. The van der Waals surface area contributed by atoms with Gasteiger partial charge in [0.2, 0.25) is 11.3 Å². The number of hydrogen-bond donors (Lipinski definition) is 3. The highest BCUT2D eigenvalue weighted by Gasteiger charge is 2.18. The Hall–Kier alpha value is -3.06. The molecule has 33 heavy (non-hydrogen) atoms. The Kier molecular flexibility index (Phi) is 7.18. The number of benzene rings is 1. The van der Waals surface area contributed by atoms with Crippen molar-refractivity contribution in [1.82, 2.24) is 14.9 Å². The van der Waals surface area contributed by atoms with E-state index in [1.807, 2.05) is 18.2 Å². The van der Waals surface area contributed by atoms with E-state index in [0.717, 1.165) is 43.1 Å². The van der Waals surface area contributed by atoms with Gasteiger partial charge in [-0.05, 0) is 69.2 Å². The van der Waals surface area contributed by atoms with Crippen molar-refractivity contribution in [3.8, 4) is 5.75 Å². The van der Waals surface area contributed by atoms with E-state index in [2.05, 4.69) is 10.6 Å². The second kappa shape index (κ2) is 10.3. The van der Waals surface area contributed by atoms with Gasteiger partial charge in [0.05, 0.1) is 11.2 Å². The van der Waals surface area contributed by atoms with Gasteiger partial charge in [-0.15, -0.1) is 0 Å². The number of fused-ring (bicyclic) bond motifs is 2. The molecule has 1 amide bonds. The number of nitrogens with one attached hydrogen (secondary N) is 2. The van der Waals surface area contributed by atoms with Crippen molar-refractivity contribution in [2.45, 2.75) is 52.0 Å². The first-order chi connectivity index (χ1) is 15.9. The molecule has 1 aromatic carbocycles. The molecule has 0 atom stereocenters. The molecule has 0 bridgehead atoms. The third kappa shape index (κ3) is 5.30. The highest BCUT2D eigenvalue weighted by Crippen LogP contribution is 2.34. The predicted octanol–water partition coefficient (Wildman–Crippen LogP) is 3.95. The van der Waals surface area contributed by atoms with Crippen molar-refractivity contribution in [2.24, 2.45) is 0 Å². The maximum absolute atomic E-state index is 12.2. The molecule has 0 unspecified atom stereocenters. The fourth-order valence-corrected chi connectivity index (χ4v) is 4.50. The number of aromatic nitrogens is 2. The monoisotopic (exact) mass is 468 g/mol. The lowest BCUT2D eigenvalue weighted by atomic mass is 9.92. The van der Waals surface area contributed by atoms with Crippen LogP contribution in [0.15, 0.2) is 35.3 Å². The number of carbonyl (C=O) groups is 1.